The predicted octanol–water partition coefficient (Wildman–Crippen LogP) is 13.2. The first-order chi connectivity index (χ1) is 32.0. The van der Waals surface area contributed by atoms with Crippen molar-refractivity contribution in [3.63, 3.8) is 0 Å². The summed E-state index contributed by atoms with van der Waals surface area (Å²) in [6.07, 6.45) is 2.04. The Kier molecular flexibility index (Phi) is 15.4. The van der Waals surface area contributed by atoms with Crippen LogP contribution in [0.15, 0.2) is 30.5 Å². The maximum absolute atomic E-state index is 18.2. The molecule has 2 aromatic carbocycles. The molecule has 5 heterocycles. The van der Waals surface area contributed by atoms with Gasteiger partial charge in [0.15, 0.2) is 5.82 Å². The molecule has 0 amide bonds. The van der Waals surface area contributed by atoms with Crippen LogP contribution >= 0.6 is 0 Å². The molecule has 2 radical (unpaired) electrons. The second-order valence-corrected chi connectivity index (χ2v) is 29.3. The van der Waals surface area contributed by atoms with Gasteiger partial charge >= 0.3 is 15.8 Å². The van der Waals surface area contributed by atoms with Gasteiger partial charge < -0.3 is 23.7 Å². The first-order valence-electron chi connectivity index (χ1n) is 25.1. The second kappa shape index (κ2) is 20.1. The minimum atomic E-state index is -2.53. The number of anilines is 1. The van der Waals surface area contributed by atoms with Crippen molar-refractivity contribution in [1.82, 2.24) is 19.9 Å². The van der Waals surface area contributed by atoms with Crippen molar-refractivity contribution in [1.29, 1.82) is 0 Å². The zero-order valence-corrected chi connectivity index (χ0v) is 45.0. The highest BCUT2D eigenvalue weighted by atomic mass is 28.3. The third-order valence-corrected chi connectivity index (χ3v) is 25.1. The lowest BCUT2D eigenvalue weighted by Crippen LogP contribution is -2.56. The van der Waals surface area contributed by atoms with Gasteiger partial charge in [0, 0.05) is 59.6 Å². The van der Waals surface area contributed by atoms with Crippen LogP contribution in [0.1, 0.15) is 121 Å². The first kappa shape index (κ1) is 52.1. The minimum absolute atomic E-state index is 0.0323. The molecule has 0 N–H and O–H groups in total. The standard InChI is InChI=1S/C54H75F4N5O3Si2/c1-32(2)54(33(3)4,34(5)6)67-66-39-26-38-16-17-44(55)40(19-25-68(35(7)8,36(9)10)37(11)12)45(38)41(27-39)47-46(56)48-42(28-59-47)50(63-22-15-20-53(30-63)21-24-65-53)61-51(60-48)64-31-52(13)29-62(14)23-18-43(52)49(57)58/h16-17,26-28,32-37,43,49H,15,18,20-24,29-31H2,1-14H3/t43-,52+,53?/m1/s1. The van der Waals surface area contributed by atoms with Crippen LogP contribution in [0.25, 0.3) is 32.9 Å². The summed E-state index contributed by atoms with van der Waals surface area (Å²) < 4.78 is 83.3. The quantitative estimate of drug-likeness (QED) is 0.0663. The van der Waals surface area contributed by atoms with Crippen molar-refractivity contribution in [3.05, 3.63) is 47.7 Å². The Morgan fingerprint density at radius 1 is 0.912 bits per heavy atom. The zero-order chi connectivity index (χ0) is 49.7. The van der Waals surface area contributed by atoms with Gasteiger partial charge in [-0.15, -0.1) is 5.54 Å². The lowest BCUT2D eigenvalue weighted by atomic mass is 9.73. The van der Waals surface area contributed by atoms with Gasteiger partial charge in [-0.1, -0.05) is 102 Å². The molecule has 3 fully saturated rings. The van der Waals surface area contributed by atoms with Crippen LogP contribution in [0, 0.1) is 52.2 Å². The lowest BCUT2D eigenvalue weighted by molar-refractivity contribution is -0.151. The van der Waals surface area contributed by atoms with E-state index < -0.39 is 37.5 Å². The SMILES string of the molecule is CC(C)C([Si]Oc1cc(-c2ncc3c(N4CCCC5(CCO5)C4)nc(OC[C@]4(C)CN(C)CC[C@@H]4C(F)F)nc3c2F)c2c(C#C[Si](C(C)C)(C(C)C)C(C)C)c(F)ccc2c1)(C(C)C)C(C)C. The average molecular weight is 974 g/mol. The summed E-state index contributed by atoms with van der Waals surface area (Å²) in [4.78, 5) is 18.7. The predicted molar refractivity (Wildman–Crippen MR) is 272 cm³/mol. The van der Waals surface area contributed by atoms with Gasteiger partial charge in [0.25, 0.3) is 0 Å². The van der Waals surface area contributed by atoms with E-state index in [4.69, 9.17) is 28.9 Å². The third-order valence-electron chi connectivity index (χ3n) is 16.4. The number of ether oxygens (including phenoxy) is 2. The number of fused-ring (bicyclic) bond motifs is 2. The molecule has 3 saturated heterocycles. The molecule has 370 valence electrons. The van der Waals surface area contributed by atoms with E-state index in [0.717, 1.165) is 19.3 Å². The molecule has 2 aromatic heterocycles. The van der Waals surface area contributed by atoms with Crippen LogP contribution in [-0.4, -0.2) is 96.2 Å². The molecular formula is C54H75F4N5O3Si2. The van der Waals surface area contributed by atoms with Gasteiger partial charge in [0.05, 0.1) is 29.8 Å². The molecule has 0 saturated carbocycles. The number of pyridine rings is 1. The number of piperidine rings is 2. The van der Waals surface area contributed by atoms with Gasteiger partial charge in [0.2, 0.25) is 6.43 Å². The van der Waals surface area contributed by atoms with E-state index >= 15 is 8.78 Å². The van der Waals surface area contributed by atoms with Crippen LogP contribution < -0.4 is 14.1 Å². The highest BCUT2D eigenvalue weighted by Crippen LogP contribution is 2.50. The molecule has 4 aromatic rings. The number of hydrogen-bond acceptors (Lipinski definition) is 8. The number of halogens is 4. The maximum atomic E-state index is 18.2. The number of alkyl halides is 2. The number of likely N-dealkylation sites (tertiary alicyclic amines) is 1. The van der Waals surface area contributed by atoms with E-state index in [2.05, 4.69) is 99.4 Å². The van der Waals surface area contributed by atoms with Crippen molar-refractivity contribution in [2.75, 3.05) is 51.3 Å². The monoisotopic (exact) mass is 974 g/mol. The molecule has 68 heavy (non-hydrogen) atoms. The smallest absolute Gasteiger partial charge is 0.319 e. The fourth-order valence-electron chi connectivity index (χ4n) is 12.7. The van der Waals surface area contributed by atoms with Gasteiger partial charge in [0.1, 0.15) is 36.7 Å². The molecule has 8 nitrogen and oxygen atoms in total. The topological polar surface area (TPSA) is 72.8 Å². The van der Waals surface area contributed by atoms with Crippen molar-refractivity contribution in [2.24, 2.45) is 29.1 Å². The van der Waals surface area contributed by atoms with Gasteiger partial charge in [-0.3, -0.25) is 4.98 Å². The summed E-state index contributed by atoms with van der Waals surface area (Å²) in [5, 5.41) is 1.32. The number of benzene rings is 2. The van der Waals surface area contributed by atoms with Gasteiger partial charge in [-0.05, 0) is 90.8 Å². The fraction of sp³-hybridized carbons (Fsp3) is 0.648. The highest BCUT2D eigenvalue weighted by Gasteiger charge is 2.47. The molecule has 3 atom stereocenters. The number of aromatic nitrogens is 3. The van der Waals surface area contributed by atoms with Crippen LogP contribution in [-0.2, 0) is 4.74 Å². The number of rotatable bonds is 15. The molecular weight excluding hydrogens is 899 g/mol. The Bertz CT molecular complexity index is 2480. The van der Waals surface area contributed by atoms with Crippen molar-refractivity contribution in [2.45, 2.75) is 149 Å². The van der Waals surface area contributed by atoms with E-state index in [1.165, 1.54) is 6.07 Å². The number of hydrogen-bond donors (Lipinski definition) is 0. The molecule has 1 unspecified atom stereocenters. The van der Waals surface area contributed by atoms with E-state index in [0.29, 0.717) is 107 Å². The van der Waals surface area contributed by atoms with Crippen LogP contribution in [0.4, 0.5) is 23.4 Å². The number of nitrogens with zero attached hydrogens (tertiary/aromatic N) is 5. The van der Waals surface area contributed by atoms with Crippen molar-refractivity contribution in [3.8, 4) is 34.5 Å². The Balaban J connectivity index is 1.46. The second-order valence-electron chi connectivity index (χ2n) is 22.5. The van der Waals surface area contributed by atoms with E-state index in [1.807, 2.05) is 24.9 Å². The Morgan fingerprint density at radius 3 is 2.16 bits per heavy atom. The van der Waals surface area contributed by atoms with Crippen LogP contribution in [0.2, 0.25) is 21.7 Å². The molecule has 7 rings (SSSR count). The summed E-state index contributed by atoms with van der Waals surface area (Å²) >= 11 is 0. The van der Waals surface area contributed by atoms with Crippen molar-refractivity contribution < 1.29 is 31.5 Å². The summed E-state index contributed by atoms with van der Waals surface area (Å²) in [7, 11) is -0.355. The molecule has 3 aliphatic rings. The first-order valence-corrected chi connectivity index (χ1v) is 28.2. The van der Waals surface area contributed by atoms with Crippen LogP contribution in [0.3, 0.4) is 0 Å². The summed E-state index contributed by atoms with van der Waals surface area (Å²) in [6, 6.07) is 6.75. The van der Waals surface area contributed by atoms with E-state index in [-0.39, 0.29) is 49.8 Å². The van der Waals surface area contributed by atoms with Gasteiger partial charge in [-0.2, -0.15) is 9.97 Å². The average Bonchev–Trinajstić information content (AvgIpc) is 3.25. The van der Waals surface area contributed by atoms with Gasteiger partial charge in [-0.25, -0.2) is 17.6 Å². The Labute approximate surface area is 407 Å². The molecule has 1 spiro atoms. The van der Waals surface area contributed by atoms with E-state index in [1.54, 1.807) is 18.3 Å². The fourth-order valence-corrected chi connectivity index (χ4v) is 19.1. The Hall–Kier alpha value is -3.78. The highest BCUT2D eigenvalue weighted by molar-refractivity contribution is 6.90. The maximum Gasteiger partial charge on any atom is 0.319 e. The lowest BCUT2D eigenvalue weighted by Gasteiger charge is -2.48. The molecule has 0 bridgehead atoms. The summed E-state index contributed by atoms with van der Waals surface area (Å²) in [5.74, 6) is 3.15. The molecule has 0 aliphatic carbocycles. The van der Waals surface area contributed by atoms with Crippen LogP contribution in [0.5, 0.6) is 11.8 Å². The summed E-state index contributed by atoms with van der Waals surface area (Å²) in [6.45, 7) is 31.3. The summed E-state index contributed by atoms with van der Waals surface area (Å²) in [5.41, 5.74) is 3.84. The van der Waals surface area contributed by atoms with Crippen molar-refractivity contribution >= 4 is 45.3 Å². The van der Waals surface area contributed by atoms with E-state index in [9.17, 15) is 8.78 Å². The molecule has 3 aliphatic heterocycles. The largest absolute Gasteiger partial charge is 0.540 e. The third kappa shape index (κ3) is 9.56. The Morgan fingerprint density at radius 2 is 1.57 bits per heavy atom. The zero-order valence-electron chi connectivity index (χ0n) is 43.0. The normalized spacial score (nSPS) is 21.9. The molecule has 14 heteroatoms. The minimum Gasteiger partial charge on any atom is -0.540 e.